The van der Waals surface area contributed by atoms with Crippen molar-refractivity contribution in [3.8, 4) is 0 Å². The predicted molar refractivity (Wildman–Crippen MR) is 106 cm³/mol. The van der Waals surface area contributed by atoms with Gasteiger partial charge < -0.3 is 8.85 Å². The highest BCUT2D eigenvalue weighted by atomic mass is 28.4. The molecule has 0 radical (unpaired) electrons. The van der Waals surface area contributed by atoms with Crippen LogP contribution in [0, 0.1) is 0 Å². The predicted octanol–water partition coefficient (Wildman–Crippen LogP) is 6.50. The standard InChI is InChI=1S/C19H34O2Si2/c1-10-17(20-22(5,6)7)18(16-14-12-11-13-15-16)21-23(8,9)19(2,3)4/h10-15,18H,1-9H3/t18-/m0/s1. The minimum atomic E-state index is -1.91. The van der Waals surface area contributed by atoms with Gasteiger partial charge in [0.05, 0.1) is 0 Å². The minimum absolute atomic E-state index is 0.117. The summed E-state index contributed by atoms with van der Waals surface area (Å²) in [5.41, 5.74) is 1.17. The second-order valence-corrected chi connectivity index (χ2v) is 17.8. The van der Waals surface area contributed by atoms with Crippen LogP contribution in [0.3, 0.4) is 0 Å². The molecule has 0 saturated carbocycles. The maximum atomic E-state index is 6.76. The summed E-state index contributed by atoms with van der Waals surface area (Å²) in [7, 11) is -3.60. The van der Waals surface area contributed by atoms with Gasteiger partial charge in [-0.3, -0.25) is 0 Å². The fraction of sp³-hybridized carbons (Fsp3) is 0.579. The monoisotopic (exact) mass is 350 g/mol. The lowest BCUT2D eigenvalue weighted by Gasteiger charge is -2.40. The lowest BCUT2D eigenvalue weighted by atomic mass is 10.1. The summed E-state index contributed by atoms with van der Waals surface area (Å²) in [4.78, 5) is 0. The van der Waals surface area contributed by atoms with E-state index in [1.165, 1.54) is 5.56 Å². The van der Waals surface area contributed by atoms with E-state index in [1.807, 2.05) is 13.0 Å². The van der Waals surface area contributed by atoms with Gasteiger partial charge in [-0.05, 0) is 56.3 Å². The van der Waals surface area contributed by atoms with Crippen molar-refractivity contribution in [2.24, 2.45) is 0 Å². The van der Waals surface area contributed by atoms with Crippen LogP contribution in [0.4, 0.5) is 0 Å². The molecular formula is C19H34O2Si2. The Kier molecular flexibility index (Phi) is 6.47. The molecule has 0 heterocycles. The Bertz CT molecular complexity index is 523. The SMILES string of the molecule is CC=C(O[Si](C)(C)C)[C@@H](O[Si](C)(C)C(C)(C)C)c1ccccc1. The average Bonchev–Trinajstić information content (AvgIpc) is 2.41. The maximum Gasteiger partial charge on any atom is 0.241 e. The molecule has 0 amide bonds. The van der Waals surface area contributed by atoms with Crippen molar-refractivity contribution in [1.29, 1.82) is 0 Å². The van der Waals surface area contributed by atoms with E-state index < -0.39 is 16.6 Å². The smallest absolute Gasteiger partial charge is 0.241 e. The van der Waals surface area contributed by atoms with Crippen LogP contribution in [0.1, 0.15) is 39.4 Å². The molecular weight excluding hydrogens is 316 g/mol. The molecule has 1 rings (SSSR count). The second-order valence-electron chi connectivity index (χ2n) is 8.57. The van der Waals surface area contributed by atoms with E-state index in [2.05, 4.69) is 83.8 Å². The van der Waals surface area contributed by atoms with Gasteiger partial charge in [-0.2, -0.15) is 0 Å². The fourth-order valence-corrected chi connectivity index (χ4v) is 4.13. The largest absolute Gasteiger partial charge is 0.545 e. The Morgan fingerprint density at radius 1 is 1.00 bits per heavy atom. The first-order chi connectivity index (χ1) is 10.4. The van der Waals surface area contributed by atoms with Crippen LogP contribution >= 0.6 is 0 Å². The van der Waals surface area contributed by atoms with Crippen molar-refractivity contribution in [3.05, 3.63) is 47.7 Å². The van der Waals surface area contributed by atoms with Crippen molar-refractivity contribution in [2.75, 3.05) is 0 Å². The summed E-state index contributed by atoms with van der Waals surface area (Å²) in [6.45, 7) is 20.1. The number of benzene rings is 1. The Balaban J connectivity index is 3.23. The molecule has 0 aromatic heterocycles. The van der Waals surface area contributed by atoms with Crippen molar-refractivity contribution < 1.29 is 8.85 Å². The van der Waals surface area contributed by atoms with E-state index in [-0.39, 0.29) is 11.1 Å². The topological polar surface area (TPSA) is 18.5 Å². The Hall–Kier alpha value is -0.846. The van der Waals surface area contributed by atoms with Crippen LogP contribution in [-0.4, -0.2) is 16.6 Å². The minimum Gasteiger partial charge on any atom is -0.545 e. The van der Waals surface area contributed by atoms with Gasteiger partial charge in [0, 0.05) is 0 Å². The van der Waals surface area contributed by atoms with E-state index in [0.717, 1.165) is 5.76 Å². The second kappa shape index (κ2) is 7.37. The van der Waals surface area contributed by atoms with Gasteiger partial charge in [-0.1, -0.05) is 51.1 Å². The normalized spacial score (nSPS) is 15.4. The first kappa shape index (κ1) is 20.2. The average molecular weight is 351 g/mol. The van der Waals surface area contributed by atoms with Crippen molar-refractivity contribution in [2.45, 2.75) is 71.6 Å². The lowest BCUT2D eigenvalue weighted by Crippen LogP contribution is -2.42. The molecule has 0 bridgehead atoms. The summed E-state index contributed by atoms with van der Waals surface area (Å²) >= 11 is 0. The van der Waals surface area contributed by atoms with Crippen LogP contribution in [-0.2, 0) is 8.85 Å². The highest BCUT2D eigenvalue weighted by molar-refractivity contribution is 6.74. The van der Waals surface area contributed by atoms with Gasteiger partial charge in [0.1, 0.15) is 11.9 Å². The third-order valence-corrected chi connectivity index (χ3v) is 9.57. The molecule has 130 valence electrons. The van der Waals surface area contributed by atoms with E-state index in [1.54, 1.807) is 0 Å². The van der Waals surface area contributed by atoms with Gasteiger partial charge in [0.15, 0.2) is 8.32 Å². The molecule has 0 spiro atoms. The molecule has 1 aromatic carbocycles. The molecule has 0 aliphatic rings. The van der Waals surface area contributed by atoms with Crippen molar-refractivity contribution in [3.63, 3.8) is 0 Å². The summed E-state index contributed by atoms with van der Waals surface area (Å²) in [6, 6.07) is 10.4. The highest BCUT2D eigenvalue weighted by Crippen LogP contribution is 2.42. The van der Waals surface area contributed by atoms with Gasteiger partial charge in [-0.25, -0.2) is 0 Å². The zero-order valence-electron chi connectivity index (χ0n) is 16.4. The highest BCUT2D eigenvalue weighted by Gasteiger charge is 2.41. The molecule has 0 saturated heterocycles. The third kappa shape index (κ3) is 5.94. The number of rotatable bonds is 6. The molecule has 23 heavy (non-hydrogen) atoms. The Morgan fingerprint density at radius 3 is 1.91 bits per heavy atom. The molecule has 0 aliphatic heterocycles. The molecule has 0 fully saturated rings. The first-order valence-corrected chi connectivity index (χ1v) is 14.8. The summed E-state index contributed by atoms with van der Waals surface area (Å²) in [5, 5.41) is 0.165. The molecule has 0 unspecified atom stereocenters. The zero-order chi connectivity index (χ0) is 17.9. The van der Waals surface area contributed by atoms with Crippen molar-refractivity contribution in [1.82, 2.24) is 0 Å². The molecule has 0 N–H and O–H groups in total. The van der Waals surface area contributed by atoms with Crippen molar-refractivity contribution >= 4 is 16.6 Å². The van der Waals surface area contributed by atoms with Crippen LogP contribution < -0.4 is 0 Å². The fourth-order valence-electron chi connectivity index (χ4n) is 2.01. The Morgan fingerprint density at radius 2 is 1.52 bits per heavy atom. The molecule has 2 nitrogen and oxygen atoms in total. The summed E-state index contributed by atoms with van der Waals surface area (Å²) in [5.74, 6) is 0.959. The molecule has 0 aliphatic carbocycles. The Labute approximate surface area is 145 Å². The lowest BCUT2D eigenvalue weighted by molar-refractivity contribution is 0.166. The number of hydrogen-bond donors (Lipinski definition) is 0. The molecule has 1 aromatic rings. The summed E-state index contributed by atoms with van der Waals surface area (Å²) in [6.07, 6.45) is 1.96. The zero-order valence-corrected chi connectivity index (χ0v) is 18.4. The van der Waals surface area contributed by atoms with Crippen LogP contribution in [0.5, 0.6) is 0 Å². The van der Waals surface area contributed by atoms with Gasteiger partial charge in [0.25, 0.3) is 0 Å². The number of allylic oxidation sites excluding steroid dienone is 1. The van der Waals surface area contributed by atoms with E-state index >= 15 is 0 Å². The number of hydrogen-bond acceptors (Lipinski definition) is 2. The van der Waals surface area contributed by atoms with E-state index in [4.69, 9.17) is 8.85 Å². The van der Waals surface area contributed by atoms with Crippen LogP contribution in [0.15, 0.2) is 42.2 Å². The third-order valence-electron chi connectivity index (χ3n) is 4.29. The molecule has 4 heteroatoms. The van der Waals surface area contributed by atoms with Gasteiger partial charge in [0.2, 0.25) is 8.32 Å². The first-order valence-electron chi connectivity index (χ1n) is 8.45. The van der Waals surface area contributed by atoms with Gasteiger partial charge >= 0.3 is 0 Å². The van der Waals surface area contributed by atoms with Gasteiger partial charge in [-0.15, -0.1) is 0 Å². The summed E-state index contributed by atoms with van der Waals surface area (Å²) < 4.78 is 13.1. The molecule has 1 atom stereocenters. The van der Waals surface area contributed by atoms with E-state index in [9.17, 15) is 0 Å². The van der Waals surface area contributed by atoms with Crippen LogP contribution in [0.25, 0.3) is 0 Å². The van der Waals surface area contributed by atoms with Crippen LogP contribution in [0.2, 0.25) is 37.8 Å². The van der Waals surface area contributed by atoms with E-state index in [0.29, 0.717) is 0 Å². The maximum absolute atomic E-state index is 6.76. The quantitative estimate of drug-likeness (QED) is 0.430.